The fraction of sp³-hybridized carbons (Fsp3) is 0.238. The van der Waals surface area contributed by atoms with Gasteiger partial charge < -0.3 is 16.8 Å². The van der Waals surface area contributed by atoms with E-state index in [1.54, 1.807) is 13.0 Å². The molecular formula is C21H25F2N4OPS. The molecule has 1 unspecified atom stereocenters. The third-order valence-electron chi connectivity index (χ3n) is 4.23. The van der Waals surface area contributed by atoms with Crippen molar-refractivity contribution in [2.75, 3.05) is 12.3 Å². The third kappa shape index (κ3) is 5.74. The number of carbonyl (C=O) groups is 1. The van der Waals surface area contributed by atoms with Gasteiger partial charge in [0.15, 0.2) is 0 Å². The minimum absolute atomic E-state index is 0.168. The summed E-state index contributed by atoms with van der Waals surface area (Å²) in [5.74, 6) is -0.324. The number of hydrogen-bond donors (Lipinski definition) is 3. The number of nitrogens with two attached hydrogens (primary N) is 2. The van der Waals surface area contributed by atoms with Gasteiger partial charge in [0.25, 0.3) is 11.6 Å². The van der Waals surface area contributed by atoms with E-state index in [2.05, 4.69) is 23.5 Å². The number of nitrogens with one attached hydrogen (secondary N) is 1. The Hall–Kier alpha value is -2.57. The predicted octanol–water partition coefficient (Wildman–Crippen LogP) is 4.53. The molecule has 9 heteroatoms. The van der Waals surface area contributed by atoms with E-state index in [1.165, 1.54) is 27.4 Å². The first-order chi connectivity index (χ1) is 13.9. The number of primary amides is 1. The number of alkyl halides is 2. The lowest BCUT2D eigenvalue weighted by Crippen LogP contribution is -2.17. The molecule has 0 aliphatic carbocycles. The molecule has 2 aromatic rings. The largest absolute Gasteiger partial charge is 0.397 e. The molecule has 1 atom stereocenters. The van der Waals surface area contributed by atoms with E-state index >= 15 is 0 Å². The highest BCUT2D eigenvalue weighted by Crippen LogP contribution is 2.37. The zero-order chi connectivity index (χ0) is 22.6. The maximum atomic E-state index is 13.9. The number of halogens is 2. The minimum atomic E-state index is -3.11. The Morgan fingerprint density at radius 2 is 2.03 bits per heavy atom. The first-order valence-electron chi connectivity index (χ1n) is 9.04. The summed E-state index contributed by atoms with van der Waals surface area (Å²) in [6.45, 7) is 12.0. The van der Waals surface area contributed by atoms with Crippen LogP contribution < -0.4 is 16.8 Å². The van der Waals surface area contributed by atoms with Crippen LogP contribution in [0.15, 0.2) is 53.8 Å². The molecule has 2 rings (SSSR count). The maximum absolute atomic E-state index is 13.9. The van der Waals surface area contributed by atoms with E-state index in [9.17, 15) is 13.6 Å². The van der Waals surface area contributed by atoms with Crippen molar-refractivity contribution >= 4 is 37.9 Å². The second-order valence-electron chi connectivity index (χ2n) is 6.89. The molecule has 5 N–H and O–H groups in total. The van der Waals surface area contributed by atoms with Gasteiger partial charge in [0, 0.05) is 28.1 Å². The molecule has 5 nitrogen and oxygen atoms in total. The molecule has 0 fully saturated rings. The van der Waals surface area contributed by atoms with Crippen LogP contribution in [0.25, 0.3) is 0 Å². The average molecular weight is 450 g/mol. The zero-order valence-electron chi connectivity index (χ0n) is 16.9. The minimum Gasteiger partial charge on any atom is -0.397 e. The first kappa shape index (κ1) is 23.7. The summed E-state index contributed by atoms with van der Waals surface area (Å²) in [5, 5.41) is 3.07. The van der Waals surface area contributed by atoms with Gasteiger partial charge in [-0.2, -0.15) is 8.78 Å². The van der Waals surface area contributed by atoms with E-state index in [1.807, 2.05) is 6.92 Å². The fourth-order valence-electron chi connectivity index (χ4n) is 2.77. The molecule has 160 valence electrons. The molecule has 30 heavy (non-hydrogen) atoms. The highest BCUT2D eigenvalue weighted by atomic mass is 32.1. The van der Waals surface area contributed by atoms with Gasteiger partial charge in [0.05, 0.1) is 11.4 Å². The van der Waals surface area contributed by atoms with Gasteiger partial charge in [-0.05, 0) is 26.3 Å². The van der Waals surface area contributed by atoms with Gasteiger partial charge in [0.1, 0.15) is 10.7 Å². The van der Waals surface area contributed by atoms with Crippen molar-refractivity contribution in [3.05, 3.63) is 75.3 Å². The van der Waals surface area contributed by atoms with Gasteiger partial charge in [-0.3, -0.25) is 4.79 Å². The van der Waals surface area contributed by atoms with Crippen LogP contribution in [-0.2, 0) is 5.66 Å². The van der Waals surface area contributed by atoms with Crippen molar-refractivity contribution in [3.63, 3.8) is 0 Å². The Kier molecular flexibility index (Phi) is 7.50. The summed E-state index contributed by atoms with van der Waals surface area (Å²) < 4.78 is 27.7. The highest BCUT2D eigenvalue weighted by Gasteiger charge is 2.27. The first-order valence-corrected chi connectivity index (χ1v) is 10.4. The number of aryl methyl sites for hydroxylation is 1. The van der Waals surface area contributed by atoms with Crippen LogP contribution in [0.2, 0.25) is 0 Å². The maximum Gasteiger partial charge on any atom is 0.283 e. The standard InChI is InChI=1S/C21H25F2N4OPS/c1-11(2)8-9-26-13(4)27-18(14-6-5-7-15(10-14)21(22,23)29)16-12(3)30-19(17(16)24)20(25)28/h5-7,10,26H,1,4,8-9,24,29H2,2-3H3,(H2,25,28)/b27-18-. The van der Waals surface area contributed by atoms with Gasteiger partial charge in [-0.1, -0.05) is 39.6 Å². The lowest BCUT2D eigenvalue weighted by atomic mass is 9.99. The Bertz CT molecular complexity index is 1020. The number of nitrogens with zero attached hydrogens (tertiary/aromatic N) is 1. The van der Waals surface area contributed by atoms with Crippen LogP contribution in [0.5, 0.6) is 0 Å². The van der Waals surface area contributed by atoms with Crippen LogP contribution >= 0.6 is 20.6 Å². The van der Waals surface area contributed by atoms with Gasteiger partial charge in [-0.15, -0.1) is 17.9 Å². The monoisotopic (exact) mass is 450 g/mol. The molecule has 0 saturated carbocycles. The number of carbonyl (C=O) groups excluding carboxylic acids is 1. The number of nitrogen functional groups attached to an aromatic ring is 1. The Morgan fingerprint density at radius 3 is 2.57 bits per heavy atom. The fourth-order valence-corrected chi connectivity index (χ4v) is 3.88. The second kappa shape index (κ2) is 9.49. The summed E-state index contributed by atoms with van der Waals surface area (Å²) in [7, 11) is 1.52. The van der Waals surface area contributed by atoms with E-state index < -0.39 is 11.6 Å². The number of hydrogen-bond acceptors (Lipinski definition) is 5. The number of aliphatic imine (C=N–C) groups is 1. The van der Waals surface area contributed by atoms with E-state index in [0.717, 1.165) is 23.3 Å². The molecule has 1 amide bonds. The molecule has 0 bridgehead atoms. The molecule has 0 spiro atoms. The highest BCUT2D eigenvalue weighted by molar-refractivity contribution is 7.17. The lowest BCUT2D eigenvalue weighted by Gasteiger charge is -2.15. The van der Waals surface area contributed by atoms with Gasteiger partial charge >= 0.3 is 0 Å². The summed E-state index contributed by atoms with van der Waals surface area (Å²) in [6.07, 6.45) is 0.726. The van der Waals surface area contributed by atoms with Crippen LogP contribution in [-0.4, -0.2) is 18.2 Å². The quantitative estimate of drug-likeness (QED) is 0.298. The average Bonchev–Trinajstić information content (AvgIpc) is 2.93. The zero-order valence-corrected chi connectivity index (χ0v) is 18.9. The normalized spacial score (nSPS) is 12.0. The van der Waals surface area contributed by atoms with E-state index in [4.69, 9.17) is 11.5 Å². The Morgan fingerprint density at radius 1 is 1.37 bits per heavy atom. The lowest BCUT2D eigenvalue weighted by molar-refractivity contribution is 0.100. The van der Waals surface area contributed by atoms with Crippen LogP contribution in [0, 0.1) is 6.92 Å². The Balaban J connectivity index is 2.60. The van der Waals surface area contributed by atoms with Crippen molar-refractivity contribution in [2.24, 2.45) is 10.7 Å². The van der Waals surface area contributed by atoms with Gasteiger partial charge in [0.2, 0.25) is 0 Å². The van der Waals surface area contributed by atoms with Crippen molar-refractivity contribution in [1.82, 2.24) is 5.32 Å². The van der Waals surface area contributed by atoms with Crippen molar-refractivity contribution in [1.29, 1.82) is 0 Å². The molecule has 1 aromatic carbocycles. The number of amides is 1. The van der Waals surface area contributed by atoms with Crippen LogP contribution in [0.3, 0.4) is 0 Å². The van der Waals surface area contributed by atoms with Crippen molar-refractivity contribution in [3.8, 4) is 0 Å². The third-order valence-corrected chi connectivity index (χ3v) is 5.70. The SMILES string of the molecule is C=C(C)CCNC(=C)/N=C(/c1cccc(C(F)(F)P)c1)c1c(C)sc(C(N)=O)c1N. The molecule has 0 aliphatic rings. The van der Waals surface area contributed by atoms with Crippen molar-refractivity contribution in [2.45, 2.75) is 25.9 Å². The predicted molar refractivity (Wildman–Crippen MR) is 124 cm³/mol. The topological polar surface area (TPSA) is 93.5 Å². The number of anilines is 1. The van der Waals surface area contributed by atoms with Crippen LogP contribution in [0.4, 0.5) is 14.5 Å². The second-order valence-corrected chi connectivity index (χ2v) is 8.83. The number of thiophene rings is 1. The van der Waals surface area contributed by atoms with E-state index in [-0.39, 0.29) is 16.1 Å². The smallest absolute Gasteiger partial charge is 0.283 e. The molecular weight excluding hydrogens is 425 g/mol. The summed E-state index contributed by atoms with van der Waals surface area (Å²) >= 11 is 1.14. The molecule has 1 heterocycles. The molecule has 0 saturated heterocycles. The number of benzene rings is 1. The van der Waals surface area contributed by atoms with Crippen molar-refractivity contribution < 1.29 is 13.6 Å². The summed E-state index contributed by atoms with van der Waals surface area (Å²) in [4.78, 5) is 17.2. The van der Waals surface area contributed by atoms with Gasteiger partial charge in [-0.25, -0.2) is 4.99 Å². The molecule has 1 aromatic heterocycles. The van der Waals surface area contributed by atoms with E-state index in [0.29, 0.717) is 34.1 Å². The molecule has 0 radical (unpaired) electrons. The summed E-state index contributed by atoms with van der Waals surface area (Å²) in [6, 6.07) is 5.84. The van der Waals surface area contributed by atoms with Crippen LogP contribution in [0.1, 0.15) is 44.6 Å². The number of rotatable bonds is 9. The Labute approximate surface area is 181 Å². The summed E-state index contributed by atoms with van der Waals surface area (Å²) in [5.41, 5.74) is 10.7. The molecule has 0 aliphatic heterocycles.